The van der Waals surface area contributed by atoms with Gasteiger partial charge in [0.25, 0.3) is 0 Å². The van der Waals surface area contributed by atoms with Crippen LogP contribution in [-0.4, -0.2) is 59.2 Å². The zero-order valence-electron chi connectivity index (χ0n) is 17.3. The van der Waals surface area contributed by atoms with E-state index in [-0.39, 0.29) is 18.4 Å². The number of nitrogens with zero attached hydrogens (tertiary/aromatic N) is 1. The highest BCUT2D eigenvalue weighted by molar-refractivity contribution is 4.78. The monoisotopic (exact) mass is 359 g/mol. The predicted molar refractivity (Wildman–Crippen MR) is 107 cm³/mol. The Labute approximate surface area is 156 Å². The molecular weight excluding hydrogens is 314 g/mol. The summed E-state index contributed by atoms with van der Waals surface area (Å²) in [5.41, 5.74) is 0. The van der Waals surface area contributed by atoms with Gasteiger partial charge in [0.1, 0.15) is 0 Å². The van der Waals surface area contributed by atoms with E-state index >= 15 is 0 Å². The molecule has 4 atom stereocenters. The second kappa shape index (κ2) is 16.0. The van der Waals surface area contributed by atoms with Gasteiger partial charge in [-0.25, -0.2) is 0 Å². The number of aliphatic hydroxyl groups excluding tert-OH is 3. The lowest BCUT2D eigenvalue weighted by Crippen LogP contribution is -2.41. The Kier molecular flexibility index (Phi) is 15.9. The van der Waals surface area contributed by atoms with Crippen molar-refractivity contribution in [3.8, 4) is 0 Å². The summed E-state index contributed by atoms with van der Waals surface area (Å²) in [6.07, 6.45) is 12.1. The zero-order chi connectivity index (χ0) is 19.1. The Morgan fingerprint density at radius 1 is 0.800 bits per heavy atom. The van der Waals surface area contributed by atoms with Crippen molar-refractivity contribution in [3.63, 3.8) is 0 Å². The topological polar surface area (TPSA) is 63.9 Å². The fourth-order valence-electron chi connectivity index (χ4n) is 3.30. The molecule has 3 N–H and O–H groups in total. The van der Waals surface area contributed by atoms with Crippen LogP contribution in [0.2, 0.25) is 0 Å². The second-order valence-corrected chi connectivity index (χ2v) is 8.02. The number of rotatable bonds is 17. The maximum Gasteiger partial charge on any atom is 0.0717 e. The first-order chi connectivity index (χ1) is 11.9. The van der Waals surface area contributed by atoms with E-state index in [2.05, 4.69) is 11.8 Å². The van der Waals surface area contributed by atoms with Crippen LogP contribution in [-0.2, 0) is 0 Å². The highest BCUT2D eigenvalue weighted by Crippen LogP contribution is 2.17. The lowest BCUT2D eigenvalue weighted by molar-refractivity contribution is -0.0283. The van der Waals surface area contributed by atoms with Crippen LogP contribution in [0.1, 0.15) is 85.0 Å². The van der Waals surface area contributed by atoms with E-state index in [1.807, 2.05) is 14.0 Å². The maximum atomic E-state index is 10.3. The number of hydrogen-bond donors (Lipinski definition) is 3. The fourth-order valence-corrected chi connectivity index (χ4v) is 3.30. The average molecular weight is 360 g/mol. The van der Waals surface area contributed by atoms with Crippen LogP contribution in [0.25, 0.3) is 0 Å². The standard InChI is InChI=1S/C21H45NO3/c1-5-6-7-8-9-10-11-12-13-14-15-22(4)16-20(24)19(3)21(25)18(2)17-23/h18-21,23-25H,5-17H2,1-4H3/t18-,19-,20+,21-/m1/s1. The largest absolute Gasteiger partial charge is 0.396 e. The van der Waals surface area contributed by atoms with Crippen molar-refractivity contribution in [3.05, 3.63) is 0 Å². The van der Waals surface area contributed by atoms with Gasteiger partial charge in [0.05, 0.1) is 12.2 Å². The summed E-state index contributed by atoms with van der Waals surface area (Å²) in [6.45, 7) is 7.44. The average Bonchev–Trinajstić information content (AvgIpc) is 2.61. The third-order valence-corrected chi connectivity index (χ3v) is 5.41. The predicted octanol–water partition coefficient (Wildman–Crippen LogP) is 3.83. The quantitative estimate of drug-likeness (QED) is 0.345. The first-order valence-electron chi connectivity index (χ1n) is 10.6. The van der Waals surface area contributed by atoms with Crippen molar-refractivity contribution < 1.29 is 15.3 Å². The molecule has 4 nitrogen and oxygen atoms in total. The first kappa shape index (κ1) is 24.8. The van der Waals surface area contributed by atoms with Gasteiger partial charge < -0.3 is 20.2 Å². The molecule has 0 spiro atoms. The summed E-state index contributed by atoms with van der Waals surface area (Å²) >= 11 is 0. The Morgan fingerprint density at radius 3 is 1.76 bits per heavy atom. The Balaban J connectivity index is 3.64. The van der Waals surface area contributed by atoms with Crippen LogP contribution in [0, 0.1) is 11.8 Å². The molecular formula is C21H45NO3. The van der Waals surface area contributed by atoms with Gasteiger partial charge in [-0.15, -0.1) is 0 Å². The van der Waals surface area contributed by atoms with E-state index in [0.29, 0.717) is 6.54 Å². The van der Waals surface area contributed by atoms with Gasteiger partial charge in [-0.05, 0) is 20.0 Å². The van der Waals surface area contributed by atoms with Gasteiger partial charge in [-0.3, -0.25) is 0 Å². The third kappa shape index (κ3) is 12.8. The van der Waals surface area contributed by atoms with Gasteiger partial charge in [-0.2, -0.15) is 0 Å². The number of hydrogen-bond acceptors (Lipinski definition) is 4. The molecule has 152 valence electrons. The molecule has 0 aromatic rings. The zero-order valence-corrected chi connectivity index (χ0v) is 17.3. The van der Waals surface area contributed by atoms with Crippen molar-refractivity contribution in [2.75, 3.05) is 26.7 Å². The highest BCUT2D eigenvalue weighted by atomic mass is 16.3. The van der Waals surface area contributed by atoms with Crippen LogP contribution in [0.3, 0.4) is 0 Å². The van der Waals surface area contributed by atoms with Crippen molar-refractivity contribution >= 4 is 0 Å². The van der Waals surface area contributed by atoms with E-state index in [1.54, 1.807) is 6.92 Å². The van der Waals surface area contributed by atoms with E-state index in [9.17, 15) is 10.2 Å². The minimum atomic E-state index is -0.661. The molecule has 0 aromatic heterocycles. The smallest absolute Gasteiger partial charge is 0.0717 e. The van der Waals surface area contributed by atoms with E-state index in [1.165, 1.54) is 64.2 Å². The third-order valence-electron chi connectivity index (χ3n) is 5.41. The minimum absolute atomic E-state index is 0.0489. The molecule has 0 aliphatic carbocycles. The van der Waals surface area contributed by atoms with Crippen LogP contribution < -0.4 is 0 Å². The molecule has 0 unspecified atom stereocenters. The van der Waals surface area contributed by atoms with Crippen molar-refractivity contribution in [2.45, 2.75) is 97.2 Å². The van der Waals surface area contributed by atoms with Gasteiger partial charge in [-0.1, -0.05) is 78.6 Å². The van der Waals surface area contributed by atoms with E-state index < -0.39 is 12.2 Å². The Bertz CT molecular complexity index is 288. The fraction of sp³-hybridized carbons (Fsp3) is 1.00. The maximum absolute atomic E-state index is 10.3. The van der Waals surface area contributed by atoms with Crippen LogP contribution in [0.15, 0.2) is 0 Å². The molecule has 0 rings (SSSR count). The Hall–Kier alpha value is -0.160. The number of unbranched alkanes of at least 4 members (excludes halogenated alkanes) is 9. The van der Waals surface area contributed by atoms with Crippen LogP contribution in [0.4, 0.5) is 0 Å². The lowest BCUT2D eigenvalue weighted by Gasteiger charge is -2.30. The van der Waals surface area contributed by atoms with Crippen molar-refractivity contribution in [1.29, 1.82) is 0 Å². The summed E-state index contributed by atoms with van der Waals surface area (Å²) in [7, 11) is 2.03. The number of aliphatic hydroxyl groups is 3. The molecule has 0 saturated carbocycles. The molecule has 0 amide bonds. The summed E-state index contributed by atoms with van der Waals surface area (Å²) in [6, 6.07) is 0. The molecule has 0 aliphatic heterocycles. The van der Waals surface area contributed by atoms with Crippen molar-refractivity contribution in [1.82, 2.24) is 4.90 Å². The molecule has 0 aromatic carbocycles. The summed E-state index contributed by atoms with van der Waals surface area (Å²) in [5, 5.41) is 29.5. The van der Waals surface area contributed by atoms with E-state index in [4.69, 9.17) is 5.11 Å². The molecule has 25 heavy (non-hydrogen) atoms. The first-order valence-corrected chi connectivity index (χ1v) is 10.6. The number of likely N-dealkylation sites (N-methyl/N-ethyl adjacent to an activating group) is 1. The molecule has 0 aliphatic rings. The summed E-state index contributed by atoms with van der Waals surface area (Å²) in [5.74, 6) is -0.422. The van der Waals surface area contributed by atoms with Crippen LogP contribution in [0.5, 0.6) is 0 Å². The Morgan fingerprint density at radius 2 is 1.28 bits per heavy atom. The van der Waals surface area contributed by atoms with E-state index in [0.717, 1.165) is 6.54 Å². The summed E-state index contributed by atoms with van der Waals surface area (Å²) < 4.78 is 0. The van der Waals surface area contributed by atoms with Crippen LogP contribution >= 0.6 is 0 Å². The van der Waals surface area contributed by atoms with Gasteiger partial charge in [0, 0.05) is 25.0 Å². The highest BCUT2D eigenvalue weighted by Gasteiger charge is 2.27. The lowest BCUT2D eigenvalue weighted by atomic mass is 9.89. The SMILES string of the molecule is CCCCCCCCCCCCN(C)C[C@H](O)[C@@H](C)[C@H](O)[C@H](C)CO. The molecule has 4 heteroatoms. The molecule has 0 fully saturated rings. The molecule has 0 heterocycles. The normalized spacial score (nSPS) is 16.8. The molecule has 0 radical (unpaired) electrons. The van der Waals surface area contributed by atoms with Gasteiger partial charge >= 0.3 is 0 Å². The summed E-state index contributed by atoms with van der Waals surface area (Å²) in [4.78, 5) is 2.16. The van der Waals surface area contributed by atoms with Gasteiger partial charge in [0.2, 0.25) is 0 Å². The second-order valence-electron chi connectivity index (χ2n) is 8.02. The minimum Gasteiger partial charge on any atom is -0.396 e. The molecule has 0 bridgehead atoms. The van der Waals surface area contributed by atoms with Gasteiger partial charge in [0.15, 0.2) is 0 Å². The van der Waals surface area contributed by atoms with Crippen molar-refractivity contribution in [2.24, 2.45) is 11.8 Å². The molecule has 0 saturated heterocycles.